The molecule has 1 aromatic carbocycles. The Balaban J connectivity index is 2.57. The van der Waals surface area contributed by atoms with Gasteiger partial charge in [0, 0.05) is 12.6 Å². The molecule has 9 heteroatoms. The van der Waals surface area contributed by atoms with Crippen molar-refractivity contribution >= 4 is 27.4 Å². The van der Waals surface area contributed by atoms with E-state index in [0.717, 1.165) is 22.5 Å². The molecule has 20 heavy (non-hydrogen) atoms. The molecule has 0 bridgehead atoms. The van der Waals surface area contributed by atoms with E-state index in [1.807, 2.05) is 0 Å². The minimum atomic E-state index is -3.60. The normalized spacial score (nSPS) is 20.9. The fraction of sp³-hybridized carbons (Fsp3) is 0.364. The molecule has 1 aliphatic rings. The van der Waals surface area contributed by atoms with Crippen LogP contribution in [0.1, 0.15) is 17.3 Å². The first-order chi connectivity index (χ1) is 9.22. The van der Waals surface area contributed by atoms with Crippen LogP contribution in [0.2, 0.25) is 0 Å². The van der Waals surface area contributed by atoms with E-state index in [-0.39, 0.29) is 29.5 Å². The predicted octanol–water partition coefficient (Wildman–Crippen LogP) is 1.08. The summed E-state index contributed by atoms with van der Waals surface area (Å²) in [6, 6.07) is 3.19. The van der Waals surface area contributed by atoms with Crippen molar-refractivity contribution in [1.82, 2.24) is 0 Å². The maximum absolute atomic E-state index is 12.0. The second-order valence-corrected chi connectivity index (χ2v) is 6.62. The number of anilines is 1. The quantitative estimate of drug-likeness (QED) is 0.659. The molecule has 0 spiro atoms. The Kier molecular flexibility index (Phi) is 3.38. The first-order valence-corrected chi connectivity index (χ1v) is 7.35. The largest absolute Gasteiger partial charge is 0.478 e. The van der Waals surface area contributed by atoms with Gasteiger partial charge in [-0.3, -0.25) is 14.4 Å². The van der Waals surface area contributed by atoms with E-state index in [9.17, 15) is 23.3 Å². The number of hydrogen-bond acceptors (Lipinski definition) is 5. The summed E-state index contributed by atoms with van der Waals surface area (Å²) in [5.74, 6) is -1.53. The smallest absolute Gasteiger partial charge is 0.335 e. The summed E-state index contributed by atoms with van der Waals surface area (Å²) in [5, 5.41) is 19.9. The van der Waals surface area contributed by atoms with Gasteiger partial charge < -0.3 is 5.11 Å². The summed E-state index contributed by atoms with van der Waals surface area (Å²) in [6.07, 6.45) is 0. The Hall–Kier alpha value is -2.16. The summed E-state index contributed by atoms with van der Waals surface area (Å²) >= 11 is 0. The molecule has 1 fully saturated rings. The molecule has 1 aliphatic heterocycles. The van der Waals surface area contributed by atoms with Gasteiger partial charge in [0.2, 0.25) is 10.0 Å². The molecule has 1 N–H and O–H groups in total. The van der Waals surface area contributed by atoms with Crippen molar-refractivity contribution in [2.75, 3.05) is 16.6 Å². The first-order valence-electron chi connectivity index (χ1n) is 5.74. The van der Waals surface area contributed by atoms with Gasteiger partial charge in [0.25, 0.3) is 5.69 Å². The number of carboxylic acid groups (broad SMARTS) is 1. The summed E-state index contributed by atoms with van der Waals surface area (Å²) < 4.78 is 24.9. The molecule has 1 aromatic rings. The van der Waals surface area contributed by atoms with E-state index in [1.165, 1.54) is 0 Å². The van der Waals surface area contributed by atoms with Crippen LogP contribution in [0.5, 0.6) is 0 Å². The molecule has 0 radical (unpaired) electrons. The molecule has 8 nitrogen and oxygen atoms in total. The number of nitrogens with zero attached hydrogens (tertiary/aromatic N) is 2. The number of nitro benzene ring substituents is 1. The van der Waals surface area contributed by atoms with E-state index >= 15 is 0 Å². The second kappa shape index (κ2) is 4.75. The van der Waals surface area contributed by atoms with Crippen molar-refractivity contribution in [1.29, 1.82) is 0 Å². The zero-order chi connectivity index (χ0) is 15.1. The summed E-state index contributed by atoms with van der Waals surface area (Å²) in [4.78, 5) is 21.1. The van der Waals surface area contributed by atoms with Crippen LogP contribution in [0.3, 0.4) is 0 Å². The summed E-state index contributed by atoms with van der Waals surface area (Å²) in [5.41, 5.74) is -0.878. The molecule has 0 saturated carbocycles. The van der Waals surface area contributed by atoms with Crippen LogP contribution >= 0.6 is 0 Å². The van der Waals surface area contributed by atoms with Gasteiger partial charge in [-0.2, -0.15) is 0 Å². The fourth-order valence-electron chi connectivity index (χ4n) is 2.16. The third kappa shape index (κ3) is 2.44. The molecule has 108 valence electrons. The third-order valence-corrected chi connectivity index (χ3v) is 5.00. The Morgan fingerprint density at radius 2 is 2.15 bits per heavy atom. The molecule has 1 atom stereocenters. The van der Waals surface area contributed by atoms with Gasteiger partial charge in [-0.1, -0.05) is 6.92 Å². The number of carboxylic acids is 1. The number of rotatable bonds is 3. The maximum atomic E-state index is 12.0. The number of carbonyl (C=O) groups is 1. The average Bonchev–Trinajstić information content (AvgIpc) is 2.61. The van der Waals surface area contributed by atoms with Crippen molar-refractivity contribution in [2.45, 2.75) is 6.92 Å². The van der Waals surface area contributed by atoms with Crippen molar-refractivity contribution < 1.29 is 23.2 Å². The minimum Gasteiger partial charge on any atom is -0.478 e. The van der Waals surface area contributed by atoms with Crippen molar-refractivity contribution in [3.8, 4) is 0 Å². The molecule has 2 rings (SSSR count). The van der Waals surface area contributed by atoms with Crippen molar-refractivity contribution in [3.05, 3.63) is 33.9 Å². The zero-order valence-electron chi connectivity index (χ0n) is 10.5. The van der Waals surface area contributed by atoms with Gasteiger partial charge in [-0.25, -0.2) is 13.2 Å². The van der Waals surface area contributed by atoms with Crippen LogP contribution in [0, 0.1) is 16.0 Å². The van der Waals surface area contributed by atoms with E-state index in [1.54, 1.807) is 6.92 Å². The molecule has 1 saturated heterocycles. The lowest BCUT2D eigenvalue weighted by Gasteiger charge is -2.17. The van der Waals surface area contributed by atoms with Gasteiger partial charge in [0.05, 0.1) is 16.2 Å². The van der Waals surface area contributed by atoms with E-state index in [4.69, 9.17) is 5.11 Å². The fourth-order valence-corrected chi connectivity index (χ4v) is 4.10. The topological polar surface area (TPSA) is 118 Å². The zero-order valence-corrected chi connectivity index (χ0v) is 11.3. The Bertz CT molecular complexity index is 684. The highest BCUT2D eigenvalue weighted by Gasteiger charge is 2.37. The maximum Gasteiger partial charge on any atom is 0.335 e. The number of benzene rings is 1. The lowest BCUT2D eigenvalue weighted by molar-refractivity contribution is -0.384. The van der Waals surface area contributed by atoms with Crippen LogP contribution in [0.25, 0.3) is 0 Å². The van der Waals surface area contributed by atoms with Crippen molar-refractivity contribution in [3.63, 3.8) is 0 Å². The molecule has 1 unspecified atom stereocenters. The molecular weight excluding hydrogens is 288 g/mol. The van der Waals surface area contributed by atoms with Gasteiger partial charge in [-0.15, -0.1) is 0 Å². The Morgan fingerprint density at radius 1 is 1.50 bits per heavy atom. The van der Waals surface area contributed by atoms with Crippen molar-refractivity contribution in [2.24, 2.45) is 5.92 Å². The second-order valence-electron chi connectivity index (χ2n) is 4.68. The van der Waals surface area contributed by atoms with Gasteiger partial charge in [0.1, 0.15) is 5.69 Å². The number of hydrogen-bond donors (Lipinski definition) is 1. The highest BCUT2D eigenvalue weighted by Crippen LogP contribution is 2.35. The molecule has 0 amide bonds. The van der Waals surface area contributed by atoms with Crippen LogP contribution in [-0.2, 0) is 10.0 Å². The SMILES string of the molecule is CC1CN(c2ccc(C(=O)O)cc2[N+](=O)[O-])S(=O)(=O)C1. The van der Waals surface area contributed by atoms with Gasteiger partial charge >= 0.3 is 5.97 Å². The minimum absolute atomic E-state index is 0.0785. The average molecular weight is 300 g/mol. The van der Waals surface area contributed by atoms with Crippen LogP contribution < -0.4 is 4.31 Å². The highest BCUT2D eigenvalue weighted by atomic mass is 32.2. The lowest BCUT2D eigenvalue weighted by Crippen LogP contribution is -2.26. The van der Waals surface area contributed by atoms with Crippen LogP contribution in [-0.4, -0.2) is 36.7 Å². The Morgan fingerprint density at radius 3 is 2.60 bits per heavy atom. The lowest BCUT2D eigenvalue weighted by atomic mass is 10.1. The third-order valence-electron chi connectivity index (χ3n) is 3.00. The first kappa shape index (κ1) is 14.3. The van der Waals surface area contributed by atoms with Crippen LogP contribution in [0.4, 0.5) is 11.4 Å². The van der Waals surface area contributed by atoms with Gasteiger partial charge in [-0.05, 0) is 18.1 Å². The Labute approximate surface area is 114 Å². The molecular formula is C11H12N2O6S. The van der Waals surface area contributed by atoms with Crippen LogP contribution in [0.15, 0.2) is 18.2 Å². The molecule has 0 aliphatic carbocycles. The monoisotopic (exact) mass is 300 g/mol. The highest BCUT2D eigenvalue weighted by molar-refractivity contribution is 7.93. The predicted molar refractivity (Wildman–Crippen MR) is 70.4 cm³/mol. The number of aromatic carboxylic acids is 1. The number of nitro groups is 1. The summed E-state index contributed by atoms with van der Waals surface area (Å²) in [7, 11) is -3.60. The standard InChI is InChI=1S/C11H12N2O6S/c1-7-5-12(20(18,19)6-7)9-3-2-8(11(14)15)4-10(9)13(16)17/h2-4,7H,5-6H2,1H3,(H,14,15). The number of sulfonamides is 1. The van der Waals surface area contributed by atoms with Gasteiger partial charge in [0.15, 0.2) is 0 Å². The molecule has 1 heterocycles. The molecule has 0 aromatic heterocycles. The van der Waals surface area contributed by atoms with E-state index < -0.39 is 26.6 Å². The van der Waals surface area contributed by atoms with E-state index in [2.05, 4.69) is 0 Å². The van der Waals surface area contributed by atoms with E-state index in [0.29, 0.717) is 0 Å². The summed E-state index contributed by atoms with van der Waals surface area (Å²) in [6.45, 7) is 1.88.